The van der Waals surface area contributed by atoms with Crippen molar-refractivity contribution < 1.29 is 0 Å². The molecule has 0 aliphatic carbocycles. The molecule has 0 bridgehead atoms. The van der Waals surface area contributed by atoms with Gasteiger partial charge in [0.1, 0.15) is 0 Å². The van der Waals surface area contributed by atoms with Crippen LogP contribution in [-0.4, -0.2) is 28.5 Å². The van der Waals surface area contributed by atoms with Crippen molar-refractivity contribution in [1.82, 2.24) is 15.2 Å². The standard InChI is InChI=1S/C25H35N3/c1-17(2)23-13-19-9-6-7-11-21(19)18(3)28(23)16-25(4,5)24-14-22-20(15-27-24)10-8-12-26-22/h6-12,17-18,23-24,27H,13-16H2,1-5H3/t18?,23?,24-/m1/s1. The van der Waals surface area contributed by atoms with Crippen molar-refractivity contribution in [2.75, 3.05) is 6.54 Å². The monoisotopic (exact) mass is 377 g/mol. The highest BCUT2D eigenvalue weighted by molar-refractivity contribution is 5.33. The van der Waals surface area contributed by atoms with Crippen LogP contribution in [0.2, 0.25) is 0 Å². The van der Waals surface area contributed by atoms with Crippen LogP contribution in [0.25, 0.3) is 0 Å². The summed E-state index contributed by atoms with van der Waals surface area (Å²) in [6.07, 6.45) is 4.12. The average molecular weight is 378 g/mol. The van der Waals surface area contributed by atoms with Gasteiger partial charge in [0.2, 0.25) is 0 Å². The highest BCUT2D eigenvalue weighted by Gasteiger charge is 2.40. The van der Waals surface area contributed by atoms with Crippen molar-refractivity contribution >= 4 is 0 Å². The van der Waals surface area contributed by atoms with E-state index in [1.54, 1.807) is 0 Å². The third-order valence-corrected chi connectivity index (χ3v) is 7.08. The first-order chi connectivity index (χ1) is 13.4. The summed E-state index contributed by atoms with van der Waals surface area (Å²) in [6, 6.07) is 14.8. The van der Waals surface area contributed by atoms with E-state index in [1.165, 1.54) is 22.4 Å². The van der Waals surface area contributed by atoms with Gasteiger partial charge in [-0.2, -0.15) is 0 Å². The van der Waals surface area contributed by atoms with Crippen molar-refractivity contribution in [2.45, 2.75) is 72.1 Å². The van der Waals surface area contributed by atoms with E-state index in [0.29, 0.717) is 24.0 Å². The van der Waals surface area contributed by atoms with E-state index in [-0.39, 0.29) is 5.41 Å². The van der Waals surface area contributed by atoms with E-state index in [2.05, 4.69) is 80.2 Å². The van der Waals surface area contributed by atoms with Crippen molar-refractivity contribution in [3.05, 3.63) is 65.0 Å². The Kier molecular flexibility index (Phi) is 5.32. The van der Waals surface area contributed by atoms with Crippen LogP contribution in [0.15, 0.2) is 42.6 Å². The van der Waals surface area contributed by atoms with Gasteiger partial charge in [0, 0.05) is 49.5 Å². The van der Waals surface area contributed by atoms with Crippen molar-refractivity contribution in [1.29, 1.82) is 0 Å². The molecule has 1 aromatic heterocycles. The zero-order valence-corrected chi connectivity index (χ0v) is 18.1. The number of benzene rings is 1. The van der Waals surface area contributed by atoms with Crippen LogP contribution < -0.4 is 5.32 Å². The fourth-order valence-corrected chi connectivity index (χ4v) is 5.26. The Morgan fingerprint density at radius 1 is 1.11 bits per heavy atom. The lowest BCUT2D eigenvalue weighted by atomic mass is 9.76. The molecule has 4 rings (SSSR count). The molecule has 3 heterocycles. The molecular weight excluding hydrogens is 342 g/mol. The molecule has 0 saturated carbocycles. The molecule has 0 fully saturated rings. The maximum atomic E-state index is 4.66. The molecule has 2 unspecified atom stereocenters. The van der Waals surface area contributed by atoms with Crippen LogP contribution in [0.5, 0.6) is 0 Å². The van der Waals surface area contributed by atoms with Gasteiger partial charge in [-0.25, -0.2) is 0 Å². The van der Waals surface area contributed by atoms with Gasteiger partial charge in [-0.1, -0.05) is 58.0 Å². The normalized spacial score (nSPS) is 25.4. The number of pyridine rings is 1. The first kappa shape index (κ1) is 19.6. The number of fused-ring (bicyclic) bond motifs is 2. The molecule has 0 spiro atoms. The Morgan fingerprint density at radius 2 is 1.86 bits per heavy atom. The summed E-state index contributed by atoms with van der Waals surface area (Å²) >= 11 is 0. The SMILES string of the molecule is CC(C)C1Cc2ccccc2C(C)N1CC(C)(C)[C@H]1Cc2ncccc2CN1. The summed E-state index contributed by atoms with van der Waals surface area (Å²) in [4.78, 5) is 7.44. The topological polar surface area (TPSA) is 28.2 Å². The van der Waals surface area contributed by atoms with Gasteiger partial charge >= 0.3 is 0 Å². The summed E-state index contributed by atoms with van der Waals surface area (Å²) in [6.45, 7) is 14.1. The number of hydrogen-bond acceptors (Lipinski definition) is 3. The fraction of sp³-hybridized carbons (Fsp3) is 0.560. The van der Waals surface area contributed by atoms with Gasteiger partial charge in [0.25, 0.3) is 0 Å². The van der Waals surface area contributed by atoms with Crippen LogP contribution in [-0.2, 0) is 19.4 Å². The predicted molar refractivity (Wildman–Crippen MR) is 116 cm³/mol. The second kappa shape index (κ2) is 7.61. The lowest BCUT2D eigenvalue weighted by molar-refractivity contribution is 0.0369. The number of hydrogen-bond donors (Lipinski definition) is 1. The van der Waals surface area contributed by atoms with E-state index < -0.39 is 0 Å². The molecule has 3 heteroatoms. The van der Waals surface area contributed by atoms with Crippen LogP contribution >= 0.6 is 0 Å². The zero-order valence-electron chi connectivity index (χ0n) is 18.1. The van der Waals surface area contributed by atoms with Gasteiger partial charge in [-0.3, -0.25) is 9.88 Å². The summed E-state index contributed by atoms with van der Waals surface area (Å²) in [5, 5.41) is 3.82. The van der Waals surface area contributed by atoms with Crippen molar-refractivity contribution in [3.63, 3.8) is 0 Å². The molecule has 2 aliphatic rings. The summed E-state index contributed by atoms with van der Waals surface area (Å²) in [7, 11) is 0. The highest BCUT2D eigenvalue weighted by Crippen LogP contribution is 2.39. The van der Waals surface area contributed by atoms with Crippen molar-refractivity contribution in [2.24, 2.45) is 11.3 Å². The molecule has 1 aromatic carbocycles. The predicted octanol–water partition coefficient (Wildman–Crippen LogP) is 4.77. The molecule has 0 amide bonds. The van der Waals surface area contributed by atoms with Gasteiger partial charge in [0.05, 0.1) is 0 Å². The van der Waals surface area contributed by atoms with E-state index in [4.69, 9.17) is 0 Å². The van der Waals surface area contributed by atoms with Crippen LogP contribution in [0, 0.1) is 11.3 Å². The minimum absolute atomic E-state index is 0.170. The first-order valence-corrected chi connectivity index (χ1v) is 10.9. The quantitative estimate of drug-likeness (QED) is 0.832. The second-order valence-corrected chi connectivity index (χ2v) is 9.80. The average Bonchev–Trinajstić information content (AvgIpc) is 2.69. The molecule has 1 N–H and O–H groups in total. The van der Waals surface area contributed by atoms with E-state index in [9.17, 15) is 0 Å². The summed E-state index contributed by atoms with van der Waals surface area (Å²) in [5.41, 5.74) is 5.85. The number of nitrogens with zero attached hydrogens (tertiary/aromatic N) is 2. The highest BCUT2D eigenvalue weighted by atomic mass is 15.2. The molecule has 150 valence electrons. The maximum absolute atomic E-state index is 4.66. The lowest BCUT2D eigenvalue weighted by Gasteiger charge is -2.49. The molecule has 2 aromatic rings. The van der Waals surface area contributed by atoms with Gasteiger partial charge in [-0.05, 0) is 47.4 Å². The second-order valence-electron chi connectivity index (χ2n) is 9.80. The fourth-order valence-electron chi connectivity index (χ4n) is 5.26. The third kappa shape index (κ3) is 3.62. The van der Waals surface area contributed by atoms with Gasteiger partial charge in [0.15, 0.2) is 0 Å². The van der Waals surface area contributed by atoms with Gasteiger partial charge in [-0.15, -0.1) is 0 Å². The number of nitrogens with one attached hydrogen (secondary N) is 1. The Labute approximate surface area is 170 Å². The van der Waals surface area contributed by atoms with Crippen LogP contribution in [0.3, 0.4) is 0 Å². The Morgan fingerprint density at radius 3 is 2.64 bits per heavy atom. The first-order valence-electron chi connectivity index (χ1n) is 10.9. The van der Waals surface area contributed by atoms with Crippen LogP contribution in [0.4, 0.5) is 0 Å². The van der Waals surface area contributed by atoms with E-state index >= 15 is 0 Å². The Bertz CT molecular complexity index is 826. The number of rotatable bonds is 4. The lowest BCUT2D eigenvalue weighted by Crippen LogP contribution is -2.55. The van der Waals surface area contributed by atoms with Crippen molar-refractivity contribution in [3.8, 4) is 0 Å². The molecular formula is C25H35N3. The number of aromatic nitrogens is 1. The van der Waals surface area contributed by atoms with E-state index in [0.717, 1.165) is 25.9 Å². The van der Waals surface area contributed by atoms with E-state index in [1.807, 2.05) is 12.3 Å². The Hall–Kier alpha value is -1.71. The minimum atomic E-state index is 0.170. The van der Waals surface area contributed by atoms with Gasteiger partial charge < -0.3 is 5.32 Å². The third-order valence-electron chi connectivity index (χ3n) is 7.08. The summed E-state index contributed by atoms with van der Waals surface area (Å²) in [5.74, 6) is 0.647. The largest absolute Gasteiger partial charge is 0.309 e. The minimum Gasteiger partial charge on any atom is -0.309 e. The molecule has 0 saturated heterocycles. The smallest absolute Gasteiger partial charge is 0.0464 e. The molecule has 0 radical (unpaired) electrons. The van der Waals surface area contributed by atoms with Crippen LogP contribution in [0.1, 0.15) is 63.0 Å². The molecule has 3 nitrogen and oxygen atoms in total. The molecule has 2 aliphatic heterocycles. The summed E-state index contributed by atoms with van der Waals surface area (Å²) < 4.78 is 0. The zero-order chi connectivity index (χ0) is 19.9. The molecule has 3 atom stereocenters. The maximum Gasteiger partial charge on any atom is 0.0464 e. The molecule has 28 heavy (non-hydrogen) atoms. The Balaban J connectivity index is 1.57.